The Morgan fingerprint density at radius 1 is 1.12 bits per heavy atom. The largest absolute Gasteiger partial charge is 0.406 e. The molecule has 0 aromatic heterocycles. The van der Waals surface area contributed by atoms with Crippen molar-refractivity contribution in [3.8, 4) is 0 Å². The maximum atomic E-state index is 12.6. The number of carbonyl (C=O) groups is 3. The van der Waals surface area contributed by atoms with Crippen molar-refractivity contribution in [3.05, 3.63) is 35.4 Å². The predicted octanol–water partition coefficient (Wildman–Crippen LogP) is 2.86. The first-order valence-corrected chi connectivity index (χ1v) is 8.04. The molecule has 0 aliphatic carbocycles. The molecule has 136 valence electrons. The van der Waals surface area contributed by atoms with Crippen LogP contribution in [0.25, 0.3) is 0 Å². The van der Waals surface area contributed by atoms with Gasteiger partial charge < -0.3 is 4.90 Å². The molecule has 1 aliphatic rings. The first-order valence-electron chi connectivity index (χ1n) is 8.04. The molecule has 0 bridgehead atoms. The van der Waals surface area contributed by atoms with Crippen LogP contribution in [0.1, 0.15) is 46.9 Å². The highest BCUT2D eigenvalue weighted by Gasteiger charge is 2.36. The van der Waals surface area contributed by atoms with Crippen molar-refractivity contribution in [2.75, 3.05) is 19.6 Å². The van der Waals surface area contributed by atoms with Crippen molar-refractivity contribution < 1.29 is 27.6 Å². The first kappa shape index (κ1) is 19.0. The molecular weight excluding hydrogens is 337 g/mol. The van der Waals surface area contributed by atoms with E-state index in [0.717, 1.165) is 9.80 Å². The Balaban J connectivity index is 2.00. The summed E-state index contributed by atoms with van der Waals surface area (Å²) in [5, 5.41) is 0. The van der Waals surface area contributed by atoms with Gasteiger partial charge in [-0.3, -0.25) is 19.3 Å². The number of imide groups is 1. The summed E-state index contributed by atoms with van der Waals surface area (Å²) in [6.45, 7) is 0.256. The van der Waals surface area contributed by atoms with Gasteiger partial charge in [-0.2, -0.15) is 13.2 Å². The number of carbonyl (C=O) groups excluding carboxylic acids is 3. The van der Waals surface area contributed by atoms with Crippen LogP contribution in [0.4, 0.5) is 13.2 Å². The van der Waals surface area contributed by atoms with Crippen LogP contribution in [0.3, 0.4) is 0 Å². The number of alkyl halides is 3. The number of rotatable bonds is 7. The molecular formula is C17H19F3N2O3. The molecule has 0 unspecified atom stereocenters. The molecule has 1 aromatic rings. The minimum Gasteiger partial charge on any atom is -0.334 e. The first-order chi connectivity index (χ1) is 11.7. The number of hydrogen-bond donors (Lipinski definition) is 0. The second kappa shape index (κ2) is 7.67. The van der Waals surface area contributed by atoms with Crippen molar-refractivity contribution in [2.45, 2.75) is 32.4 Å². The van der Waals surface area contributed by atoms with E-state index in [1.165, 1.54) is 12.1 Å². The van der Waals surface area contributed by atoms with Gasteiger partial charge >= 0.3 is 6.18 Å². The molecule has 5 nitrogen and oxygen atoms in total. The van der Waals surface area contributed by atoms with Crippen LogP contribution in [0.15, 0.2) is 24.3 Å². The molecule has 0 N–H and O–H groups in total. The lowest BCUT2D eigenvalue weighted by Gasteiger charge is -2.24. The van der Waals surface area contributed by atoms with Gasteiger partial charge in [-0.25, -0.2) is 0 Å². The maximum Gasteiger partial charge on any atom is 0.406 e. The monoisotopic (exact) mass is 356 g/mol. The Bertz CT molecular complexity index is 638. The Morgan fingerprint density at radius 2 is 1.68 bits per heavy atom. The fraction of sp³-hybridized carbons (Fsp3) is 0.471. The van der Waals surface area contributed by atoms with E-state index in [9.17, 15) is 27.6 Å². The fourth-order valence-corrected chi connectivity index (χ4v) is 2.67. The molecule has 0 saturated carbocycles. The van der Waals surface area contributed by atoms with E-state index >= 15 is 0 Å². The van der Waals surface area contributed by atoms with Crippen LogP contribution in [0.2, 0.25) is 0 Å². The van der Waals surface area contributed by atoms with Gasteiger partial charge in [0.15, 0.2) is 0 Å². The third kappa shape index (κ3) is 4.58. The number of unbranched alkanes of at least 4 members (excludes halogenated alkanes) is 1. The molecule has 0 spiro atoms. The van der Waals surface area contributed by atoms with Gasteiger partial charge in [0.2, 0.25) is 5.91 Å². The predicted molar refractivity (Wildman–Crippen MR) is 84.0 cm³/mol. The molecule has 1 aromatic carbocycles. The van der Waals surface area contributed by atoms with Crippen molar-refractivity contribution in [3.63, 3.8) is 0 Å². The average Bonchev–Trinajstić information content (AvgIpc) is 2.80. The smallest absolute Gasteiger partial charge is 0.334 e. The minimum absolute atomic E-state index is 0.00301. The highest BCUT2D eigenvalue weighted by Crippen LogP contribution is 2.23. The van der Waals surface area contributed by atoms with Crippen molar-refractivity contribution in [1.29, 1.82) is 0 Å². The normalized spacial score (nSPS) is 14.0. The second-order valence-electron chi connectivity index (χ2n) is 5.84. The van der Waals surface area contributed by atoms with Crippen molar-refractivity contribution >= 4 is 17.7 Å². The third-order valence-corrected chi connectivity index (χ3v) is 3.93. The molecule has 3 amide bonds. The van der Waals surface area contributed by atoms with E-state index in [4.69, 9.17) is 0 Å². The van der Waals surface area contributed by atoms with E-state index in [1.807, 2.05) is 6.92 Å². The summed E-state index contributed by atoms with van der Waals surface area (Å²) >= 11 is 0. The van der Waals surface area contributed by atoms with Crippen molar-refractivity contribution in [2.24, 2.45) is 0 Å². The average molecular weight is 356 g/mol. The summed E-state index contributed by atoms with van der Waals surface area (Å²) in [5.74, 6) is -1.77. The lowest BCUT2D eigenvalue weighted by Crippen LogP contribution is -2.41. The van der Waals surface area contributed by atoms with E-state index in [1.54, 1.807) is 12.1 Å². The Hall–Kier alpha value is -2.38. The summed E-state index contributed by atoms with van der Waals surface area (Å²) in [4.78, 5) is 38.2. The molecule has 25 heavy (non-hydrogen) atoms. The summed E-state index contributed by atoms with van der Waals surface area (Å²) < 4.78 is 37.9. The SMILES string of the molecule is CCCCN(CC(F)(F)F)C(=O)CCN1C(=O)c2ccccc2C1=O. The number of nitrogens with zero attached hydrogens (tertiary/aromatic N) is 2. The van der Waals surface area contributed by atoms with Gasteiger partial charge in [0.25, 0.3) is 11.8 Å². The lowest BCUT2D eigenvalue weighted by molar-refractivity contribution is -0.161. The summed E-state index contributed by atoms with van der Waals surface area (Å²) in [6.07, 6.45) is -3.71. The van der Waals surface area contributed by atoms with E-state index in [2.05, 4.69) is 0 Å². The molecule has 2 rings (SSSR count). The zero-order valence-corrected chi connectivity index (χ0v) is 13.8. The topological polar surface area (TPSA) is 57.7 Å². The number of halogens is 3. The van der Waals surface area contributed by atoms with E-state index in [0.29, 0.717) is 12.8 Å². The van der Waals surface area contributed by atoms with Gasteiger partial charge in [-0.05, 0) is 18.6 Å². The Morgan fingerprint density at radius 3 is 2.16 bits per heavy atom. The minimum atomic E-state index is -4.49. The Kier molecular flexibility index (Phi) is 5.81. The Labute approximate surface area is 143 Å². The summed E-state index contributed by atoms with van der Waals surface area (Å²) in [7, 11) is 0. The van der Waals surface area contributed by atoms with Crippen LogP contribution < -0.4 is 0 Å². The quantitative estimate of drug-likeness (QED) is 0.706. The third-order valence-electron chi connectivity index (χ3n) is 3.93. The summed E-state index contributed by atoms with van der Waals surface area (Å²) in [6, 6.07) is 6.26. The van der Waals surface area contributed by atoms with Crippen molar-refractivity contribution in [1.82, 2.24) is 9.80 Å². The number of fused-ring (bicyclic) bond motifs is 1. The van der Waals surface area contributed by atoms with Gasteiger partial charge in [-0.1, -0.05) is 25.5 Å². The zero-order valence-electron chi connectivity index (χ0n) is 13.8. The molecule has 0 atom stereocenters. The molecule has 0 radical (unpaired) electrons. The van der Waals surface area contributed by atoms with Gasteiger partial charge in [0.1, 0.15) is 6.54 Å². The lowest BCUT2D eigenvalue weighted by atomic mass is 10.1. The summed E-state index contributed by atoms with van der Waals surface area (Å²) in [5.41, 5.74) is 0.496. The maximum absolute atomic E-state index is 12.6. The fourth-order valence-electron chi connectivity index (χ4n) is 2.67. The van der Waals surface area contributed by atoms with E-state index in [-0.39, 0.29) is 30.6 Å². The van der Waals surface area contributed by atoms with Gasteiger partial charge in [0.05, 0.1) is 11.1 Å². The van der Waals surface area contributed by atoms with E-state index < -0.39 is 30.4 Å². The van der Waals surface area contributed by atoms with Gasteiger partial charge in [-0.15, -0.1) is 0 Å². The van der Waals surface area contributed by atoms with Crippen LogP contribution in [-0.2, 0) is 4.79 Å². The van der Waals surface area contributed by atoms with Crippen LogP contribution in [0.5, 0.6) is 0 Å². The number of benzene rings is 1. The molecule has 1 aliphatic heterocycles. The number of amides is 3. The van der Waals surface area contributed by atoms with Crippen LogP contribution in [-0.4, -0.2) is 53.3 Å². The highest BCUT2D eigenvalue weighted by molar-refractivity contribution is 6.21. The van der Waals surface area contributed by atoms with Crippen LogP contribution in [0, 0.1) is 0 Å². The number of hydrogen-bond acceptors (Lipinski definition) is 3. The van der Waals surface area contributed by atoms with Gasteiger partial charge in [0, 0.05) is 19.5 Å². The molecule has 1 heterocycles. The molecule has 0 saturated heterocycles. The zero-order chi connectivity index (χ0) is 18.6. The molecule has 0 fully saturated rings. The highest BCUT2D eigenvalue weighted by atomic mass is 19.4. The van der Waals surface area contributed by atoms with Crippen LogP contribution >= 0.6 is 0 Å². The standard InChI is InChI=1S/C17H19F3N2O3/c1-2-3-9-21(11-17(18,19)20)14(23)8-10-22-15(24)12-6-4-5-7-13(12)16(22)25/h4-7H,2-3,8-11H2,1H3. The second-order valence-corrected chi connectivity index (χ2v) is 5.84. The molecule has 8 heteroatoms.